The number of rotatable bonds is 10. The second-order valence-corrected chi connectivity index (χ2v) is 10.5. The lowest BCUT2D eigenvalue weighted by Crippen LogP contribution is -2.53. The predicted molar refractivity (Wildman–Crippen MR) is 148 cm³/mol. The largest absolute Gasteiger partial charge is 0.482 e. The van der Waals surface area contributed by atoms with E-state index in [1.807, 2.05) is 42.5 Å². The van der Waals surface area contributed by atoms with Crippen LogP contribution in [0.4, 0.5) is 0 Å². The first-order chi connectivity index (χ1) is 17.9. The molecule has 2 amide bonds. The first-order valence-corrected chi connectivity index (χ1v) is 13.5. The van der Waals surface area contributed by atoms with Gasteiger partial charge >= 0.3 is 0 Å². The van der Waals surface area contributed by atoms with Crippen LogP contribution in [0, 0.1) is 0 Å². The van der Waals surface area contributed by atoms with E-state index in [0.717, 1.165) is 36.8 Å². The van der Waals surface area contributed by atoms with Crippen molar-refractivity contribution in [3.63, 3.8) is 0 Å². The number of benzene rings is 3. The monoisotopic (exact) mass is 558 g/mol. The number of carbonyl (C=O) groups excluding carboxylic acids is 2. The number of carbonyl (C=O) groups is 2. The van der Waals surface area contributed by atoms with Gasteiger partial charge in [0.2, 0.25) is 5.91 Å². The van der Waals surface area contributed by atoms with Crippen molar-refractivity contribution in [2.75, 3.05) is 6.61 Å². The van der Waals surface area contributed by atoms with Crippen molar-refractivity contribution in [3.8, 4) is 5.75 Å². The van der Waals surface area contributed by atoms with Gasteiger partial charge in [0.15, 0.2) is 6.61 Å². The summed E-state index contributed by atoms with van der Waals surface area (Å²) in [5, 5.41) is 4.52. The molecule has 0 spiro atoms. The van der Waals surface area contributed by atoms with Crippen LogP contribution in [0.5, 0.6) is 5.75 Å². The van der Waals surface area contributed by atoms with E-state index in [-0.39, 0.29) is 31.0 Å². The Morgan fingerprint density at radius 1 is 0.892 bits per heavy atom. The maximum atomic E-state index is 13.7. The molecule has 1 fully saturated rings. The molecule has 1 aliphatic carbocycles. The molecular formula is C29H29Cl3N2O3. The van der Waals surface area contributed by atoms with Gasteiger partial charge in [-0.1, -0.05) is 90.1 Å². The molecule has 1 N–H and O–H groups in total. The van der Waals surface area contributed by atoms with Crippen molar-refractivity contribution >= 4 is 46.6 Å². The van der Waals surface area contributed by atoms with Crippen molar-refractivity contribution < 1.29 is 14.3 Å². The number of halogens is 3. The molecule has 0 radical (unpaired) electrons. The van der Waals surface area contributed by atoms with Gasteiger partial charge in [0.1, 0.15) is 11.8 Å². The molecule has 8 heteroatoms. The lowest BCUT2D eigenvalue weighted by atomic mass is 10.0. The van der Waals surface area contributed by atoms with Crippen LogP contribution in [0.15, 0.2) is 72.8 Å². The summed E-state index contributed by atoms with van der Waals surface area (Å²) in [6, 6.07) is 21.2. The van der Waals surface area contributed by atoms with Crippen LogP contribution in [0.2, 0.25) is 15.1 Å². The van der Waals surface area contributed by atoms with Crippen LogP contribution in [0.25, 0.3) is 0 Å². The van der Waals surface area contributed by atoms with Gasteiger partial charge in [-0.3, -0.25) is 9.59 Å². The molecule has 1 atom stereocenters. The van der Waals surface area contributed by atoms with Crippen molar-refractivity contribution in [2.45, 2.75) is 50.7 Å². The summed E-state index contributed by atoms with van der Waals surface area (Å²) >= 11 is 18.5. The van der Waals surface area contributed by atoms with E-state index in [1.54, 1.807) is 35.2 Å². The second-order valence-electron chi connectivity index (χ2n) is 9.21. The van der Waals surface area contributed by atoms with E-state index in [1.165, 1.54) is 0 Å². The smallest absolute Gasteiger partial charge is 0.261 e. The Morgan fingerprint density at radius 2 is 1.59 bits per heavy atom. The first kappa shape index (κ1) is 27.3. The summed E-state index contributed by atoms with van der Waals surface area (Å²) in [4.78, 5) is 28.9. The maximum absolute atomic E-state index is 13.7. The van der Waals surface area contributed by atoms with Gasteiger partial charge < -0.3 is 15.0 Å². The Morgan fingerprint density at radius 3 is 2.30 bits per heavy atom. The van der Waals surface area contributed by atoms with Gasteiger partial charge in [0, 0.05) is 29.1 Å². The fourth-order valence-corrected chi connectivity index (χ4v) is 5.24. The number of hydrogen-bond donors (Lipinski definition) is 1. The lowest BCUT2D eigenvalue weighted by molar-refractivity contribution is -0.143. The third kappa shape index (κ3) is 7.88. The molecule has 37 heavy (non-hydrogen) atoms. The van der Waals surface area contributed by atoms with Crippen LogP contribution in [-0.4, -0.2) is 35.4 Å². The highest BCUT2D eigenvalue weighted by Gasteiger charge is 2.32. The molecule has 0 aromatic heterocycles. The Balaban J connectivity index is 1.62. The molecule has 0 saturated heterocycles. The van der Waals surface area contributed by atoms with E-state index >= 15 is 0 Å². The number of nitrogens with one attached hydrogen (secondary N) is 1. The molecule has 1 aliphatic rings. The quantitative estimate of drug-likeness (QED) is 0.300. The molecule has 0 bridgehead atoms. The molecule has 0 aliphatic heterocycles. The molecule has 4 rings (SSSR count). The second kappa shape index (κ2) is 13.2. The topological polar surface area (TPSA) is 58.6 Å². The molecule has 3 aromatic carbocycles. The fourth-order valence-electron chi connectivity index (χ4n) is 4.57. The summed E-state index contributed by atoms with van der Waals surface area (Å²) in [5.74, 6) is -0.165. The zero-order valence-corrected chi connectivity index (χ0v) is 22.6. The molecule has 0 heterocycles. The minimum absolute atomic E-state index is 0.123. The lowest BCUT2D eigenvalue weighted by Gasteiger charge is -2.32. The fraction of sp³-hybridized carbons (Fsp3) is 0.310. The third-order valence-corrected chi connectivity index (χ3v) is 7.23. The standard InChI is InChI=1S/C29H29Cl3N2O3/c30-22-10-6-9-21(15-22)18-34(28(35)19-37-27-14-13-23(31)17-25(27)32)26(16-20-7-2-1-3-8-20)29(36)33-24-11-4-5-12-24/h1-3,6-10,13-15,17,24,26H,4-5,11-12,16,18-19H2,(H,33,36)/t26-/m0/s1. The number of ether oxygens (including phenoxy) is 1. The van der Waals surface area contributed by atoms with E-state index in [4.69, 9.17) is 39.5 Å². The van der Waals surface area contributed by atoms with E-state index < -0.39 is 6.04 Å². The van der Waals surface area contributed by atoms with E-state index in [9.17, 15) is 9.59 Å². The van der Waals surface area contributed by atoms with Crippen molar-refractivity contribution in [3.05, 3.63) is 99.0 Å². The van der Waals surface area contributed by atoms with Gasteiger partial charge in [0.25, 0.3) is 5.91 Å². The number of amides is 2. The van der Waals surface area contributed by atoms with Gasteiger partial charge in [-0.25, -0.2) is 0 Å². The third-order valence-electron chi connectivity index (χ3n) is 6.46. The van der Waals surface area contributed by atoms with E-state index in [0.29, 0.717) is 27.2 Å². The minimum Gasteiger partial charge on any atom is -0.482 e. The molecular weight excluding hydrogens is 531 g/mol. The Bertz CT molecular complexity index is 1220. The normalized spacial score (nSPS) is 14.2. The zero-order valence-electron chi connectivity index (χ0n) is 20.3. The van der Waals surface area contributed by atoms with Crippen LogP contribution >= 0.6 is 34.8 Å². The SMILES string of the molecule is O=C(NC1CCCC1)[C@H](Cc1ccccc1)N(Cc1cccc(Cl)c1)C(=O)COc1ccc(Cl)cc1Cl. The average molecular weight is 560 g/mol. The Hall–Kier alpha value is -2.73. The Kier molecular flexibility index (Phi) is 9.73. The van der Waals surface area contributed by atoms with Crippen LogP contribution < -0.4 is 10.1 Å². The van der Waals surface area contributed by atoms with Crippen LogP contribution in [0.3, 0.4) is 0 Å². The van der Waals surface area contributed by atoms with Gasteiger partial charge in [0.05, 0.1) is 5.02 Å². The molecule has 1 saturated carbocycles. The molecule has 5 nitrogen and oxygen atoms in total. The van der Waals surface area contributed by atoms with Crippen molar-refractivity contribution in [1.29, 1.82) is 0 Å². The average Bonchev–Trinajstić information content (AvgIpc) is 3.39. The summed E-state index contributed by atoms with van der Waals surface area (Å²) in [6.45, 7) is -0.0867. The van der Waals surface area contributed by atoms with Gasteiger partial charge in [-0.2, -0.15) is 0 Å². The van der Waals surface area contributed by atoms with Crippen molar-refractivity contribution in [1.82, 2.24) is 10.2 Å². The van der Waals surface area contributed by atoms with Crippen LogP contribution in [0.1, 0.15) is 36.8 Å². The van der Waals surface area contributed by atoms with Crippen LogP contribution in [-0.2, 0) is 22.6 Å². The summed E-state index contributed by atoms with van der Waals surface area (Å²) in [7, 11) is 0. The summed E-state index contributed by atoms with van der Waals surface area (Å²) in [5.41, 5.74) is 1.77. The first-order valence-electron chi connectivity index (χ1n) is 12.3. The predicted octanol–water partition coefficient (Wildman–Crippen LogP) is 6.72. The van der Waals surface area contributed by atoms with E-state index in [2.05, 4.69) is 5.32 Å². The Labute approximate surface area is 232 Å². The summed E-state index contributed by atoms with van der Waals surface area (Å²) < 4.78 is 5.77. The molecule has 194 valence electrons. The highest BCUT2D eigenvalue weighted by Crippen LogP contribution is 2.28. The number of nitrogens with zero attached hydrogens (tertiary/aromatic N) is 1. The van der Waals surface area contributed by atoms with Gasteiger partial charge in [-0.05, 0) is 54.3 Å². The highest BCUT2D eigenvalue weighted by molar-refractivity contribution is 6.35. The molecule has 0 unspecified atom stereocenters. The maximum Gasteiger partial charge on any atom is 0.261 e. The highest BCUT2D eigenvalue weighted by atomic mass is 35.5. The minimum atomic E-state index is -0.737. The zero-order chi connectivity index (χ0) is 26.2. The molecule has 3 aromatic rings. The number of hydrogen-bond acceptors (Lipinski definition) is 3. The van der Waals surface area contributed by atoms with Gasteiger partial charge in [-0.15, -0.1) is 0 Å². The summed E-state index contributed by atoms with van der Waals surface area (Å²) in [6.07, 6.45) is 4.45. The van der Waals surface area contributed by atoms with Crippen molar-refractivity contribution in [2.24, 2.45) is 0 Å².